The van der Waals surface area contributed by atoms with Gasteiger partial charge in [-0.2, -0.15) is 5.10 Å². The van der Waals surface area contributed by atoms with E-state index in [1.54, 1.807) is 0 Å². The lowest BCUT2D eigenvalue weighted by Gasteiger charge is -2.24. The lowest BCUT2D eigenvalue weighted by atomic mass is 10.1. The molecule has 0 N–H and O–H groups in total. The Morgan fingerprint density at radius 3 is 2.65 bits per heavy atom. The van der Waals surface area contributed by atoms with Crippen molar-refractivity contribution in [2.75, 3.05) is 26.3 Å². The van der Waals surface area contributed by atoms with Gasteiger partial charge in [0.25, 0.3) is 0 Å². The second-order valence-corrected chi connectivity index (χ2v) is 4.39. The van der Waals surface area contributed by atoms with Crippen LogP contribution in [0.5, 0.6) is 0 Å². The van der Waals surface area contributed by atoms with E-state index in [-0.39, 0.29) is 0 Å². The van der Waals surface area contributed by atoms with Crippen molar-refractivity contribution in [2.45, 2.75) is 19.8 Å². The van der Waals surface area contributed by atoms with Gasteiger partial charge < -0.3 is 4.74 Å². The summed E-state index contributed by atoms with van der Waals surface area (Å²) in [6.07, 6.45) is 2.10. The Morgan fingerprint density at radius 2 is 1.94 bits per heavy atom. The third-order valence-electron chi connectivity index (χ3n) is 2.92. The van der Waals surface area contributed by atoms with Gasteiger partial charge in [0.2, 0.25) is 0 Å². The number of aryl methyl sites for hydroxylation is 1. The van der Waals surface area contributed by atoms with Gasteiger partial charge in [0.1, 0.15) is 0 Å². The molecule has 1 aliphatic heterocycles. The van der Waals surface area contributed by atoms with Crippen molar-refractivity contribution in [1.82, 2.24) is 5.01 Å². The average Bonchev–Trinajstić information content (AvgIpc) is 2.39. The van der Waals surface area contributed by atoms with Gasteiger partial charge in [-0.15, -0.1) is 0 Å². The van der Waals surface area contributed by atoms with Gasteiger partial charge in [-0.05, 0) is 25.3 Å². The van der Waals surface area contributed by atoms with Crippen molar-refractivity contribution in [3.05, 3.63) is 35.9 Å². The van der Waals surface area contributed by atoms with Crippen LogP contribution in [-0.4, -0.2) is 37.0 Å². The van der Waals surface area contributed by atoms with E-state index in [4.69, 9.17) is 4.74 Å². The smallest absolute Gasteiger partial charge is 0.0659 e. The maximum absolute atomic E-state index is 5.30. The molecule has 17 heavy (non-hydrogen) atoms. The van der Waals surface area contributed by atoms with Crippen LogP contribution in [0.2, 0.25) is 0 Å². The molecule has 1 fully saturated rings. The molecule has 3 heteroatoms. The maximum Gasteiger partial charge on any atom is 0.0659 e. The molecule has 0 bridgehead atoms. The number of hydrogen-bond donors (Lipinski definition) is 0. The topological polar surface area (TPSA) is 24.8 Å². The number of hydrogen-bond acceptors (Lipinski definition) is 3. The second kappa shape index (κ2) is 6.40. The third kappa shape index (κ3) is 4.19. The quantitative estimate of drug-likeness (QED) is 0.744. The molecular formula is C14H20N2O. The van der Waals surface area contributed by atoms with E-state index >= 15 is 0 Å². The first-order valence-electron chi connectivity index (χ1n) is 6.25. The highest BCUT2D eigenvalue weighted by atomic mass is 16.5. The van der Waals surface area contributed by atoms with Crippen LogP contribution in [0.25, 0.3) is 0 Å². The molecule has 0 aromatic heterocycles. The maximum atomic E-state index is 5.30. The van der Waals surface area contributed by atoms with Crippen LogP contribution in [-0.2, 0) is 11.2 Å². The first-order valence-corrected chi connectivity index (χ1v) is 6.25. The summed E-state index contributed by atoms with van der Waals surface area (Å²) in [6, 6.07) is 10.6. The Kier molecular flexibility index (Phi) is 4.56. The Balaban J connectivity index is 1.80. The molecule has 0 radical (unpaired) electrons. The van der Waals surface area contributed by atoms with E-state index in [1.807, 2.05) is 0 Å². The molecule has 1 aliphatic rings. The highest BCUT2D eigenvalue weighted by Gasteiger charge is 2.07. The molecule has 0 atom stereocenters. The Hall–Kier alpha value is -1.35. The predicted molar refractivity (Wildman–Crippen MR) is 70.3 cm³/mol. The van der Waals surface area contributed by atoms with Gasteiger partial charge in [0.15, 0.2) is 0 Å². The molecule has 0 spiro atoms. The zero-order valence-electron chi connectivity index (χ0n) is 10.4. The summed E-state index contributed by atoms with van der Waals surface area (Å²) in [5, 5.41) is 6.74. The molecule has 1 aromatic carbocycles. The van der Waals surface area contributed by atoms with Gasteiger partial charge in [-0.25, -0.2) is 0 Å². The summed E-state index contributed by atoms with van der Waals surface area (Å²) in [5.74, 6) is 0. The van der Waals surface area contributed by atoms with Crippen molar-refractivity contribution in [2.24, 2.45) is 5.10 Å². The highest BCUT2D eigenvalue weighted by Crippen LogP contribution is 2.05. The fraction of sp³-hybridized carbons (Fsp3) is 0.500. The molecule has 3 nitrogen and oxygen atoms in total. The number of nitrogens with zero attached hydrogens (tertiary/aromatic N) is 2. The van der Waals surface area contributed by atoms with Crippen LogP contribution >= 0.6 is 0 Å². The number of hydrazone groups is 1. The summed E-state index contributed by atoms with van der Waals surface area (Å²) in [6.45, 7) is 5.55. The first-order chi connectivity index (χ1) is 8.34. The standard InChI is InChI=1S/C14H20N2O/c1-13(15-16-9-11-17-12-10-16)7-8-14-5-3-2-4-6-14/h2-6H,7-12H2,1H3/b15-13+. The van der Waals surface area contributed by atoms with Crippen LogP contribution in [0, 0.1) is 0 Å². The van der Waals surface area contributed by atoms with E-state index in [2.05, 4.69) is 47.4 Å². The minimum Gasteiger partial charge on any atom is -0.378 e. The minimum atomic E-state index is 0.801. The van der Waals surface area contributed by atoms with Crippen LogP contribution in [0.15, 0.2) is 35.4 Å². The van der Waals surface area contributed by atoms with Crippen LogP contribution in [0.1, 0.15) is 18.9 Å². The molecule has 1 saturated heterocycles. The van der Waals surface area contributed by atoms with Crippen LogP contribution < -0.4 is 0 Å². The van der Waals surface area contributed by atoms with E-state index in [0.29, 0.717) is 0 Å². The molecule has 1 heterocycles. The van der Waals surface area contributed by atoms with E-state index in [0.717, 1.165) is 39.1 Å². The van der Waals surface area contributed by atoms with E-state index in [1.165, 1.54) is 11.3 Å². The summed E-state index contributed by atoms with van der Waals surface area (Å²) in [4.78, 5) is 0. The fourth-order valence-corrected chi connectivity index (χ4v) is 1.92. The highest BCUT2D eigenvalue weighted by molar-refractivity contribution is 5.81. The van der Waals surface area contributed by atoms with Gasteiger partial charge in [-0.3, -0.25) is 5.01 Å². The monoisotopic (exact) mass is 232 g/mol. The zero-order valence-corrected chi connectivity index (χ0v) is 10.4. The Bertz CT molecular complexity index is 356. The summed E-state index contributed by atoms with van der Waals surface area (Å²) in [5.41, 5.74) is 2.58. The second-order valence-electron chi connectivity index (χ2n) is 4.39. The molecule has 92 valence electrons. The van der Waals surface area contributed by atoms with Crippen LogP contribution in [0.3, 0.4) is 0 Å². The first kappa shape index (κ1) is 12.1. The van der Waals surface area contributed by atoms with Gasteiger partial charge >= 0.3 is 0 Å². The number of ether oxygens (including phenoxy) is 1. The molecule has 1 aromatic rings. The zero-order chi connectivity index (χ0) is 11.9. The fourth-order valence-electron chi connectivity index (χ4n) is 1.92. The Morgan fingerprint density at radius 1 is 1.24 bits per heavy atom. The van der Waals surface area contributed by atoms with Gasteiger partial charge in [0, 0.05) is 5.71 Å². The summed E-state index contributed by atoms with van der Waals surface area (Å²) >= 11 is 0. The third-order valence-corrected chi connectivity index (χ3v) is 2.92. The summed E-state index contributed by atoms with van der Waals surface area (Å²) in [7, 11) is 0. The van der Waals surface area contributed by atoms with Crippen molar-refractivity contribution < 1.29 is 4.74 Å². The van der Waals surface area contributed by atoms with Crippen molar-refractivity contribution in [3.8, 4) is 0 Å². The Labute approximate surface area is 103 Å². The number of morpholine rings is 1. The van der Waals surface area contributed by atoms with Crippen molar-refractivity contribution >= 4 is 5.71 Å². The molecule has 0 unspecified atom stereocenters. The van der Waals surface area contributed by atoms with E-state index in [9.17, 15) is 0 Å². The van der Waals surface area contributed by atoms with Gasteiger partial charge in [-0.1, -0.05) is 30.3 Å². The predicted octanol–water partition coefficient (Wildman–Crippen LogP) is 2.33. The summed E-state index contributed by atoms with van der Waals surface area (Å²) < 4.78 is 5.30. The van der Waals surface area contributed by atoms with Crippen molar-refractivity contribution in [3.63, 3.8) is 0 Å². The SMILES string of the molecule is C/C(CCc1ccccc1)=N\N1CCOCC1. The van der Waals surface area contributed by atoms with E-state index < -0.39 is 0 Å². The molecule has 2 rings (SSSR count). The normalized spacial score (nSPS) is 17.2. The molecular weight excluding hydrogens is 212 g/mol. The molecule has 0 amide bonds. The molecule has 0 aliphatic carbocycles. The van der Waals surface area contributed by atoms with Gasteiger partial charge in [0.05, 0.1) is 26.3 Å². The minimum absolute atomic E-state index is 0.801. The lowest BCUT2D eigenvalue weighted by molar-refractivity contribution is 0.0392. The number of benzene rings is 1. The average molecular weight is 232 g/mol. The largest absolute Gasteiger partial charge is 0.378 e. The number of rotatable bonds is 4. The molecule has 0 saturated carbocycles. The lowest BCUT2D eigenvalue weighted by Crippen LogP contribution is -2.32. The van der Waals surface area contributed by atoms with Crippen molar-refractivity contribution in [1.29, 1.82) is 0 Å². The van der Waals surface area contributed by atoms with Crippen LogP contribution in [0.4, 0.5) is 0 Å².